The Morgan fingerprint density at radius 1 is 1.38 bits per heavy atom. The third-order valence-corrected chi connectivity index (χ3v) is 4.67. The Morgan fingerprint density at radius 3 is 2.77 bits per heavy atom. The van der Waals surface area contributed by atoms with Gasteiger partial charge in [-0.2, -0.15) is 4.98 Å². The summed E-state index contributed by atoms with van der Waals surface area (Å²) in [6, 6.07) is -0.815. The third-order valence-electron chi connectivity index (χ3n) is 3.79. The highest BCUT2D eigenvalue weighted by Crippen LogP contribution is 2.33. The second-order valence-corrected chi connectivity index (χ2v) is 6.67. The van der Waals surface area contributed by atoms with Crippen LogP contribution in [0, 0.1) is 0 Å². The van der Waals surface area contributed by atoms with Crippen LogP contribution in [-0.2, 0) is 23.8 Å². The van der Waals surface area contributed by atoms with Gasteiger partial charge in [-0.1, -0.05) is 11.3 Å². The number of rotatable bonds is 4. The van der Waals surface area contributed by atoms with Crippen LogP contribution in [0.25, 0.3) is 10.3 Å². The van der Waals surface area contributed by atoms with Gasteiger partial charge >= 0.3 is 16.8 Å². The summed E-state index contributed by atoms with van der Waals surface area (Å²) in [4.78, 5) is 42.5. The molecule has 0 saturated carbocycles. The fourth-order valence-corrected chi connectivity index (χ4v) is 3.53. The van der Waals surface area contributed by atoms with Crippen LogP contribution in [0.1, 0.15) is 20.1 Å². The van der Waals surface area contributed by atoms with Gasteiger partial charge in [0.25, 0.3) is 0 Å². The second kappa shape index (κ2) is 6.97. The van der Waals surface area contributed by atoms with E-state index >= 15 is 0 Å². The molecule has 4 atom stereocenters. The minimum Gasteiger partial charge on any atom is -0.463 e. The summed E-state index contributed by atoms with van der Waals surface area (Å²) < 4.78 is 17.7. The van der Waals surface area contributed by atoms with Gasteiger partial charge in [-0.25, -0.2) is 4.98 Å². The Kier molecular flexibility index (Phi) is 4.89. The lowest BCUT2D eigenvalue weighted by molar-refractivity contribution is -0.153. The Hall–Kier alpha value is -2.57. The highest BCUT2D eigenvalue weighted by molar-refractivity contribution is 7.16. The van der Waals surface area contributed by atoms with E-state index in [1.807, 2.05) is 0 Å². The van der Waals surface area contributed by atoms with E-state index in [1.165, 1.54) is 24.6 Å². The normalized spacial score (nSPS) is 25.3. The van der Waals surface area contributed by atoms with Crippen LogP contribution in [0.5, 0.6) is 0 Å². The molecule has 0 aliphatic carbocycles. The lowest BCUT2D eigenvalue weighted by atomic mass is 10.1. The van der Waals surface area contributed by atoms with Crippen LogP contribution in [0.4, 0.5) is 5.95 Å². The van der Waals surface area contributed by atoms with Crippen molar-refractivity contribution in [2.24, 2.45) is 5.73 Å². The predicted octanol–water partition coefficient (Wildman–Crippen LogP) is -0.845. The fourth-order valence-electron chi connectivity index (χ4n) is 2.71. The zero-order valence-corrected chi connectivity index (χ0v) is 14.8. The maximum absolute atomic E-state index is 12.5. The lowest BCUT2D eigenvalue weighted by Gasteiger charge is -2.21. The van der Waals surface area contributed by atoms with Crippen LogP contribution in [-0.4, -0.2) is 51.3 Å². The number of thiazole rings is 1. The molecule has 2 aromatic heterocycles. The number of carbonyl (C=O) groups excluding carboxylic acids is 2. The number of hydrogen-bond acceptors (Lipinski definition) is 11. The molecule has 0 spiro atoms. The van der Waals surface area contributed by atoms with Crippen molar-refractivity contribution in [3.05, 3.63) is 15.9 Å². The average molecular weight is 383 g/mol. The standard InChI is InChI=1S/C14H17N5O6S/c1-5(20)23-4-7-9(15)10(24-6(2)21)12(25-7)19-11-8(26-14(19)22)3-17-13(16)18-11/h3,7,9-10,12H,4,15H2,1-2H3,(H2,16,17,18)/t7-,9-,10-,12-/m1/s1. The third kappa shape index (κ3) is 3.38. The molecule has 1 aliphatic rings. The summed E-state index contributed by atoms with van der Waals surface area (Å²) in [6.07, 6.45) is -1.36. The smallest absolute Gasteiger partial charge is 0.311 e. The van der Waals surface area contributed by atoms with Gasteiger partial charge in [-0.3, -0.25) is 19.0 Å². The van der Waals surface area contributed by atoms with Gasteiger partial charge in [0, 0.05) is 13.8 Å². The molecule has 1 fully saturated rings. The SMILES string of the molecule is CC(=O)OC[C@H]1O[C@@H](n2c(=O)sc3cnc(N)nc32)[C@H](OC(C)=O)[C@@H]1N. The van der Waals surface area contributed by atoms with E-state index < -0.39 is 41.3 Å². The Balaban J connectivity index is 2.02. The number of carbonyl (C=O) groups is 2. The van der Waals surface area contributed by atoms with E-state index in [0.29, 0.717) is 4.70 Å². The minimum absolute atomic E-state index is 0.0214. The van der Waals surface area contributed by atoms with E-state index in [2.05, 4.69) is 9.97 Å². The topological polar surface area (TPSA) is 162 Å². The van der Waals surface area contributed by atoms with Gasteiger partial charge in [0.05, 0.1) is 16.9 Å². The van der Waals surface area contributed by atoms with E-state index in [-0.39, 0.29) is 18.2 Å². The number of anilines is 1. The first-order valence-corrected chi connectivity index (χ1v) is 8.44. The molecular weight excluding hydrogens is 366 g/mol. The summed E-state index contributed by atoms with van der Waals surface area (Å²) >= 11 is 0.896. The first kappa shape index (κ1) is 18.2. The first-order valence-electron chi connectivity index (χ1n) is 7.63. The number of fused-ring (bicyclic) bond motifs is 1. The summed E-state index contributed by atoms with van der Waals surface area (Å²) in [7, 11) is 0. The molecule has 0 aromatic carbocycles. The van der Waals surface area contributed by atoms with E-state index in [9.17, 15) is 14.4 Å². The highest BCUT2D eigenvalue weighted by atomic mass is 32.1. The zero-order valence-electron chi connectivity index (χ0n) is 13.9. The van der Waals surface area contributed by atoms with Crippen molar-refractivity contribution in [2.45, 2.75) is 38.3 Å². The largest absolute Gasteiger partial charge is 0.463 e. The second-order valence-electron chi connectivity index (χ2n) is 5.67. The molecule has 140 valence electrons. The Labute approximate surface area is 150 Å². The van der Waals surface area contributed by atoms with Crippen molar-refractivity contribution in [2.75, 3.05) is 12.3 Å². The maximum atomic E-state index is 12.5. The molecule has 2 aromatic rings. The number of hydrogen-bond donors (Lipinski definition) is 2. The highest BCUT2D eigenvalue weighted by Gasteiger charge is 2.47. The lowest BCUT2D eigenvalue weighted by Crippen LogP contribution is -2.44. The number of nitrogens with zero attached hydrogens (tertiary/aromatic N) is 3. The monoisotopic (exact) mass is 383 g/mol. The van der Waals surface area contributed by atoms with Gasteiger partial charge in [0.1, 0.15) is 12.7 Å². The van der Waals surface area contributed by atoms with Crippen LogP contribution in [0.3, 0.4) is 0 Å². The van der Waals surface area contributed by atoms with Crippen molar-refractivity contribution in [3.63, 3.8) is 0 Å². The Morgan fingerprint density at radius 2 is 2.12 bits per heavy atom. The number of nitrogens with two attached hydrogens (primary N) is 2. The van der Waals surface area contributed by atoms with Gasteiger partial charge in [0.2, 0.25) is 5.95 Å². The molecule has 0 radical (unpaired) electrons. The molecule has 4 N–H and O–H groups in total. The summed E-state index contributed by atoms with van der Waals surface area (Å²) in [5, 5.41) is 0. The average Bonchev–Trinajstić information content (AvgIpc) is 3.02. The Bertz CT molecular complexity index is 911. The van der Waals surface area contributed by atoms with Crippen molar-refractivity contribution in [3.8, 4) is 0 Å². The van der Waals surface area contributed by atoms with E-state index in [0.717, 1.165) is 11.3 Å². The summed E-state index contributed by atoms with van der Waals surface area (Å²) in [6.45, 7) is 2.33. The number of aromatic nitrogens is 3. The molecule has 11 nitrogen and oxygen atoms in total. The molecule has 26 heavy (non-hydrogen) atoms. The van der Waals surface area contributed by atoms with Crippen molar-refractivity contribution < 1.29 is 23.8 Å². The molecule has 0 amide bonds. The number of nitrogen functional groups attached to an aromatic ring is 1. The van der Waals surface area contributed by atoms with Crippen LogP contribution < -0.4 is 16.3 Å². The molecule has 3 rings (SSSR count). The predicted molar refractivity (Wildman–Crippen MR) is 90.2 cm³/mol. The number of esters is 2. The summed E-state index contributed by atoms with van der Waals surface area (Å²) in [5.74, 6) is -1.12. The fraction of sp³-hybridized carbons (Fsp3) is 0.500. The first-order chi connectivity index (χ1) is 12.3. The quantitative estimate of drug-likeness (QED) is 0.636. The molecule has 3 heterocycles. The van der Waals surface area contributed by atoms with Gasteiger partial charge in [-0.05, 0) is 0 Å². The minimum atomic E-state index is -1.04. The van der Waals surface area contributed by atoms with Crippen LogP contribution in [0.15, 0.2) is 11.0 Å². The van der Waals surface area contributed by atoms with E-state index in [4.69, 9.17) is 25.7 Å². The zero-order chi connectivity index (χ0) is 19.0. The molecular formula is C14H17N5O6S. The molecule has 0 bridgehead atoms. The van der Waals surface area contributed by atoms with Crippen molar-refractivity contribution in [1.29, 1.82) is 0 Å². The van der Waals surface area contributed by atoms with Crippen molar-refractivity contribution in [1.82, 2.24) is 14.5 Å². The van der Waals surface area contributed by atoms with E-state index in [1.54, 1.807) is 0 Å². The van der Waals surface area contributed by atoms with Crippen molar-refractivity contribution >= 4 is 39.6 Å². The van der Waals surface area contributed by atoms with Crippen LogP contribution in [0.2, 0.25) is 0 Å². The van der Waals surface area contributed by atoms with Gasteiger partial charge < -0.3 is 25.7 Å². The van der Waals surface area contributed by atoms with Gasteiger partial charge in [0.15, 0.2) is 18.0 Å². The van der Waals surface area contributed by atoms with Gasteiger partial charge in [-0.15, -0.1) is 0 Å². The molecule has 1 aliphatic heterocycles. The van der Waals surface area contributed by atoms with Crippen LogP contribution >= 0.6 is 11.3 Å². The maximum Gasteiger partial charge on any atom is 0.311 e. The summed E-state index contributed by atoms with van der Waals surface area (Å²) in [5.41, 5.74) is 12.0. The molecule has 1 saturated heterocycles. The molecule has 0 unspecified atom stereocenters. The molecule has 12 heteroatoms. The number of ether oxygens (including phenoxy) is 3.